The van der Waals surface area contributed by atoms with Crippen molar-refractivity contribution in [2.24, 2.45) is 5.41 Å². The third-order valence-corrected chi connectivity index (χ3v) is 5.09. The van der Waals surface area contributed by atoms with Gasteiger partial charge in [-0.1, -0.05) is 13.8 Å². The molecule has 0 aliphatic rings. The van der Waals surface area contributed by atoms with Crippen molar-refractivity contribution in [2.45, 2.75) is 77.5 Å². The van der Waals surface area contributed by atoms with Gasteiger partial charge in [-0.3, -0.25) is 0 Å². The Hall–Kier alpha value is -0.200. The van der Waals surface area contributed by atoms with E-state index in [1.807, 2.05) is 0 Å². The predicted molar refractivity (Wildman–Crippen MR) is 69.0 cm³/mol. The average molecular weight is 264 g/mol. The highest BCUT2D eigenvalue weighted by atomic mass is 16.4. The molecule has 0 radical (unpaired) electrons. The van der Waals surface area contributed by atoms with Crippen molar-refractivity contribution in [1.82, 2.24) is 0 Å². The van der Waals surface area contributed by atoms with Gasteiger partial charge in [0.25, 0.3) is 0 Å². The first-order chi connectivity index (χ1) is 7.64. The average Bonchev–Trinajstić information content (AvgIpc) is 2.15. The van der Waals surface area contributed by atoms with E-state index in [0.29, 0.717) is 0 Å². The van der Waals surface area contributed by atoms with Crippen molar-refractivity contribution >= 4 is 0 Å². The fourth-order valence-corrected chi connectivity index (χ4v) is 2.05. The number of hydrogen-bond donors (Lipinski definition) is 5. The SMILES string of the molecule is CC(O)C(C)(O)C(C)(C)C(C)(O)C(C)(O)C(C)O. The van der Waals surface area contributed by atoms with Crippen molar-refractivity contribution < 1.29 is 25.5 Å². The Labute approximate surface area is 109 Å². The van der Waals surface area contributed by atoms with E-state index in [1.165, 1.54) is 48.5 Å². The Bertz CT molecular complexity index is 260. The lowest BCUT2D eigenvalue weighted by Gasteiger charge is -2.56. The van der Waals surface area contributed by atoms with Crippen molar-refractivity contribution in [2.75, 3.05) is 0 Å². The van der Waals surface area contributed by atoms with Gasteiger partial charge in [-0.2, -0.15) is 0 Å². The Morgan fingerprint density at radius 2 is 0.944 bits per heavy atom. The van der Waals surface area contributed by atoms with Crippen LogP contribution in [0.5, 0.6) is 0 Å². The van der Waals surface area contributed by atoms with Gasteiger partial charge in [0.1, 0.15) is 11.2 Å². The predicted octanol–water partition coefficient (Wildman–Crippen LogP) is 0.0272. The van der Waals surface area contributed by atoms with Gasteiger partial charge in [-0.05, 0) is 34.6 Å². The molecule has 110 valence electrons. The van der Waals surface area contributed by atoms with E-state index in [0.717, 1.165) is 0 Å². The molecule has 0 aromatic heterocycles. The molecule has 0 aromatic rings. The molecule has 5 atom stereocenters. The summed E-state index contributed by atoms with van der Waals surface area (Å²) in [6.45, 7) is 9.89. The van der Waals surface area contributed by atoms with Crippen LogP contribution in [-0.4, -0.2) is 54.5 Å². The van der Waals surface area contributed by atoms with E-state index in [-0.39, 0.29) is 0 Å². The van der Waals surface area contributed by atoms with Crippen LogP contribution in [0.1, 0.15) is 48.5 Å². The highest BCUT2D eigenvalue weighted by Gasteiger charge is 2.62. The van der Waals surface area contributed by atoms with Gasteiger partial charge < -0.3 is 25.5 Å². The van der Waals surface area contributed by atoms with Gasteiger partial charge in [0.15, 0.2) is 0 Å². The minimum absolute atomic E-state index is 1.11. The van der Waals surface area contributed by atoms with Crippen LogP contribution in [0.2, 0.25) is 0 Å². The number of aliphatic hydroxyl groups is 5. The van der Waals surface area contributed by atoms with E-state index in [4.69, 9.17) is 0 Å². The number of aliphatic hydroxyl groups excluding tert-OH is 2. The van der Waals surface area contributed by atoms with Gasteiger partial charge in [0, 0.05) is 5.41 Å². The maximum Gasteiger partial charge on any atom is 0.116 e. The third-order valence-electron chi connectivity index (χ3n) is 5.09. The van der Waals surface area contributed by atoms with E-state index in [2.05, 4.69) is 0 Å². The van der Waals surface area contributed by atoms with Gasteiger partial charge >= 0.3 is 0 Å². The second kappa shape index (κ2) is 4.72. The Morgan fingerprint density at radius 1 is 0.667 bits per heavy atom. The van der Waals surface area contributed by atoms with E-state index >= 15 is 0 Å². The summed E-state index contributed by atoms with van der Waals surface area (Å²) < 4.78 is 0. The molecule has 18 heavy (non-hydrogen) atoms. The molecular weight excluding hydrogens is 236 g/mol. The fraction of sp³-hybridized carbons (Fsp3) is 1.00. The summed E-state index contributed by atoms with van der Waals surface area (Å²) in [4.78, 5) is 0. The Balaban J connectivity index is 5.74. The van der Waals surface area contributed by atoms with Crippen molar-refractivity contribution in [1.29, 1.82) is 0 Å². The first-order valence-corrected chi connectivity index (χ1v) is 6.17. The molecule has 0 bridgehead atoms. The van der Waals surface area contributed by atoms with Crippen molar-refractivity contribution in [3.63, 3.8) is 0 Å². The lowest BCUT2D eigenvalue weighted by Crippen LogP contribution is -2.70. The zero-order valence-electron chi connectivity index (χ0n) is 12.4. The molecule has 0 aliphatic heterocycles. The van der Waals surface area contributed by atoms with Gasteiger partial charge in [-0.15, -0.1) is 0 Å². The van der Waals surface area contributed by atoms with Crippen LogP contribution in [0.25, 0.3) is 0 Å². The molecule has 5 N–H and O–H groups in total. The van der Waals surface area contributed by atoms with Crippen molar-refractivity contribution in [3.8, 4) is 0 Å². The summed E-state index contributed by atoms with van der Waals surface area (Å²) in [6, 6.07) is 0. The van der Waals surface area contributed by atoms with Crippen LogP contribution in [0, 0.1) is 5.41 Å². The van der Waals surface area contributed by atoms with E-state index in [1.54, 1.807) is 0 Å². The third kappa shape index (κ3) is 2.30. The van der Waals surface area contributed by atoms with Crippen molar-refractivity contribution in [3.05, 3.63) is 0 Å². The first kappa shape index (κ1) is 17.8. The molecule has 0 saturated carbocycles. The Morgan fingerprint density at radius 3 is 1.17 bits per heavy atom. The molecule has 0 spiro atoms. The van der Waals surface area contributed by atoms with Crippen LogP contribution in [0.3, 0.4) is 0 Å². The summed E-state index contributed by atoms with van der Waals surface area (Å²) in [6.07, 6.45) is -2.31. The molecule has 0 aliphatic carbocycles. The second-order valence-corrected chi connectivity index (χ2v) is 6.34. The smallest absolute Gasteiger partial charge is 0.116 e. The standard InChI is InChI=1S/C13H28O5/c1-8(14)11(5,16)10(3,4)13(7,18)12(6,17)9(2)15/h8-9,14-18H,1-7H3. The zero-order chi connectivity index (χ0) is 15.2. The summed E-state index contributed by atoms with van der Waals surface area (Å²) in [7, 11) is 0. The lowest BCUT2D eigenvalue weighted by atomic mass is 9.57. The fourth-order valence-electron chi connectivity index (χ4n) is 2.05. The van der Waals surface area contributed by atoms with Gasteiger partial charge in [-0.25, -0.2) is 0 Å². The molecular formula is C13H28O5. The van der Waals surface area contributed by atoms with E-state index < -0.39 is 34.4 Å². The van der Waals surface area contributed by atoms with Gasteiger partial charge in [0.2, 0.25) is 0 Å². The molecule has 0 heterocycles. The summed E-state index contributed by atoms with van der Waals surface area (Å²) >= 11 is 0. The monoisotopic (exact) mass is 264 g/mol. The second-order valence-electron chi connectivity index (χ2n) is 6.34. The van der Waals surface area contributed by atoms with Crippen LogP contribution in [-0.2, 0) is 0 Å². The molecule has 5 heteroatoms. The topological polar surface area (TPSA) is 101 Å². The molecule has 0 amide bonds. The normalized spacial score (nSPS) is 26.7. The molecule has 0 aromatic carbocycles. The summed E-state index contributed by atoms with van der Waals surface area (Å²) in [5, 5.41) is 50.7. The highest BCUT2D eigenvalue weighted by molar-refractivity contribution is 5.12. The number of hydrogen-bond acceptors (Lipinski definition) is 5. The van der Waals surface area contributed by atoms with Crippen LogP contribution in [0.15, 0.2) is 0 Å². The van der Waals surface area contributed by atoms with Crippen LogP contribution < -0.4 is 0 Å². The maximum absolute atomic E-state index is 10.6. The quantitative estimate of drug-likeness (QED) is 0.482. The summed E-state index contributed by atoms with van der Waals surface area (Å²) in [5.74, 6) is 0. The molecule has 5 nitrogen and oxygen atoms in total. The van der Waals surface area contributed by atoms with Crippen LogP contribution in [0.4, 0.5) is 0 Å². The van der Waals surface area contributed by atoms with E-state index in [9.17, 15) is 25.5 Å². The highest BCUT2D eigenvalue weighted by Crippen LogP contribution is 2.48. The minimum Gasteiger partial charge on any atom is -0.390 e. The molecule has 0 fully saturated rings. The van der Waals surface area contributed by atoms with Gasteiger partial charge in [0.05, 0.1) is 17.8 Å². The largest absolute Gasteiger partial charge is 0.390 e. The van der Waals surface area contributed by atoms with Crippen LogP contribution >= 0.6 is 0 Å². The Kier molecular flexibility index (Phi) is 4.67. The minimum atomic E-state index is -1.84. The first-order valence-electron chi connectivity index (χ1n) is 6.17. The number of rotatable bonds is 5. The maximum atomic E-state index is 10.6. The zero-order valence-corrected chi connectivity index (χ0v) is 12.4. The molecule has 0 rings (SSSR count). The lowest BCUT2D eigenvalue weighted by molar-refractivity contribution is -0.276. The molecule has 0 saturated heterocycles. The molecule has 5 unspecified atom stereocenters. The summed E-state index contributed by atoms with van der Waals surface area (Å²) in [5.41, 5.74) is -6.58.